The number of carbonyl (C=O) groups excluding carboxylic acids is 1. The number of hydrogen-bond donors (Lipinski definition) is 1. The van der Waals surface area contributed by atoms with Gasteiger partial charge in [-0.3, -0.25) is 4.79 Å². The lowest BCUT2D eigenvalue weighted by atomic mass is 9.88. The van der Waals surface area contributed by atoms with E-state index in [1.807, 2.05) is 48.5 Å². The Balaban J connectivity index is 2.42. The van der Waals surface area contributed by atoms with Crippen molar-refractivity contribution < 1.29 is 14.3 Å². The fourth-order valence-electron chi connectivity index (χ4n) is 2.47. The number of rotatable bonds is 6. The van der Waals surface area contributed by atoms with Crippen LogP contribution in [0.4, 0.5) is 0 Å². The van der Waals surface area contributed by atoms with Crippen molar-refractivity contribution in [2.24, 2.45) is 0 Å². The molecule has 2 aromatic carbocycles. The molecule has 0 aromatic heterocycles. The summed E-state index contributed by atoms with van der Waals surface area (Å²) in [5.74, 6) is 1.32. The van der Waals surface area contributed by atoms with E-state index in [9.17, 15) is 4.79 Å². The number of ether oxygens (including phenoxy) is 2. The first-order valence-electron chi connectivity index (χ1n) is 7.17. The smallest absolute Gasteiger partial charge is 0.220 e. The molecule has 116 valence electrons. The van der Waals surface area contributed by atoms with E-state index in [0.717, 1.165) is 11.1 Å². The van der Waals surface area contributed by atoms with Gasteiger partial charge < -0.3 is 14.8 Å². The van der Waals surface area contributed by atoms with Gasteiger partial charge in [0.15, 0.2) is 11.5 Å². The Morgan fingerprint density at radius 3 is 2.27 bits per heavy atom. The van der Waals surface area contributed by atoms with Crippen molar-refractivity contribution in [1.29, 1.82) is 0 Å². The molecule has 4 heteroatoms. The minimum atomic E-state index is -0.0269. The van der Waals surface area contributed by atoms with Crippen LogP contribution in [0.5, 0.6) is 11.5 Å². The van der Waals surface area contributed by atoms with E-state index in [4.69, 9.17) is 9.47 Å². The van der Waals surface area contributed by atoms with Crippen LogP contribution in [0.15, 0.2) is 48.5 Å². The summed E-state index contributed by atoms with van der Waals surface area (Å²) in [7, 11) is 4.87. The second-order valence-electron chi connectivity index (χ2n) is 4.95. The summed E-state index contributed by atoms with van der Waals surface area (Å²) in [6.45, 7) is 0. The van der Waals surface area contributed by atoms with Crippen molar-refractivity contribution in [3.05, 3.63) is 59.7 Å². The first kappa shape index (κ1) is 15.9. The minimum Gasteiger partial charge on any atom is -0.493 e. The third-order valence-electron chi connectivity index (χ3n) is 3.68. The largest absolute Gasteiger partial charge is 0.493 e. The van der Waals surface area contributed by atoms with Crippen molar-refractivity contribution >= 4 is 5.91 Å². The van der Waals surface area contributed by atoms with Crippen LogP contribution in [0, 0.1) is 0 Å². The fourth-order valence-corrected chi connectivity index (χ4v) is 2.47. The molecule has 0 fully saturated rings. The molecule has 0 saturated heterocycles. The maximum Gasteiger partial charge on any atom is 0.220 e. The van der Waals surface area contributed by atoms with Gasteiger partial charge in [-0.1, -0.05) is 36.4 Å². The number of methoxy groups -OCH3 is 2. The molecule has 0 aliphatic rings. The van der Waals surface area contributed by atoms with Crippen LogP contribution < -0.4 is 14.8 Å². The molecular formula is C18H21NO3. The van der Waals surface area contributed by atoms with Crippen LogP contribution in [0.25, 0.3) is 0 Å². The molecule has 0 saturated carbocycles. The van der Waals surface area contributed by atoms with E-state index >= 15 is 0 Å². The van der Waals surface area contributed by atoms with E-state index in [0.29, 0.717) is 17.9 Å². The highest BCUT2D eigenvalue weighted by Crippen LogP contribution is 2.34. The van der Waals surface area contributed by atoms with Gasteiger partial charge in [-0.25, -0.2) is 0 Å². The van der Waals surface area contributed by atoms with Gasteiger partial charge in [0.25, 0.3) is 0 Å². The van der Waals surface area contributed by atoms with Crippen LogP contribution in [0.1, 0.15) is 23.5 Å². The summed E-state index contributed by atoms with van der Waals surface area (Å²) in [6, 6.07) is 15.8. The molecule has 2 aromatic rings. The number of nitrogens with one attached hydrogen (secondary N) is 1. The van der Waals surface area contributed by atoms with Gasteiger partial charge in [0.1, 0.15) is 0 Å². The molecule has 0 heterocycles. The Bertz CT molecular complexity index is 625. The monoisotopic (exact) mass is 299 g/mol. The lowest BCUT2D eigenvalue weighted by molar-refractivity contribution is -0.120. The Hall–Kier alpha value is -2.49. The molecule has 1 atom stereocenters. The average molecular weight is 299 g/mol. The maximum absolute atomic E-state index is 11.9. The molecule has 2 rings (SSSR count). The molecule has 0 aliphatic heterocycles. The third kappa shape index (κ3) is 3.58. The van der Waals surface area contributed by atoms with Crippen LogP contribution in [-0.4, -0.2) is 27.2 Å². The van der Waals surface area contributed by atoms with E-state index in [-0.39, 0.29) is 11.8 Å². The first-order chi connectivity index (χ1) is 10.7. The summed E-state index contributed by atoms with van der Waals surface area (Å²) in [6.07, 6.45) is 0.385. The normalized spacial score (nSPS) is 11.6. The van der Waals surface area contributed by atoms with Gasteiger partial charge in [-0.05, 0) is 23.3 Å². The van der Waals surface area contributed by atoms with Crippen LogP contribution >= 0.6 is 0 Å². The molecule has 0 bridgehead atoms. The molecular weight excluding hydrogens is 278 g/mol. The zero-order valence-corrected chi connectivity index (χ0v) is 13.1. The summed E-state index contributed by atoms with van der Waals surface area (Å²) in [4.78, 5) is 11.9. The van der Waals surface area contributed by atoms with Gasteiger partial charge in [0.05, 0.1) is 14.2 Å². The number of carbonyl (C=O) groups is 1. The molecule has 4 nitrogen and oxygen atoms in total. The van der Waals surface area contributed by atoms with Gasteiger partial charge in [0, 0.05) is 19.4 Å². The average Bonchev–Trinajstić information content (AvgIpc) is 2.59. The number of benzene rings is 2. The zero-order valence-electron chi connectivity index (χ0n) is 13.1. The quantitative estimate of drug-likeness (QED) is 0.892. The Morgan fingerprint density at radius 2 is 1.68 bits per heavy atom. The molecule has 1 N–H and O–H groups in total. The summed E-state index contributed by atoms with van der Waals surface area (Å²) in [5.41, 5.74) is 2.12. The predicted octanol–water partition coefficient (Wildman–Crippen LogP) is 2.97. The molecule has 1 unspecified atom stereocenters. The Kier molecular flexibility index (Phi) is 5.42. The second-order valence-corrected chi connectivity index (χ2v) is 4.95. The minimum absolute atomic E-state index is 0.00337. The highest BCUT2D eigenvalue weighted by molar-refractivity contribution is 5.77. The topological polar surface area (TPSA) is 47.6 Å². The molecule has 0 aliphatic carbocycles. The number of hydrogen-bond acceptors (Lipinski definition) is 3. The lowest BCUT2D eigenvalue weighted by Gasteiger charge is -2.19. The van der Waals surface area contributed by atoms with Gasteiger partial charge in [0.2, 0.25) is 5.91 Å². The maximum atomic E-state index is 11.9. The van der Waals surface area contributed by atoms with Crippen LogP contribution in [0.2, 0.25) is 0 Å². The summed E-state index contributed by atoms with van der Waals surface area (Å²) < 4.78 is 10.6. The van der Waals surface area contributed by atoms with Crippen LogP contribution in [0.3, 0.4) is 0 Å². The third-order valence-corrected chi connectivity index (χ3v) is 3.68. The molecule has 22 heavy (non-hydrogen) atoms. The summed E-state index contributed by atoms with van der Waals surface area (Å²) >= 11 is 0. The Labute approximate surface area is 131 Å². The summed E-state index contributed by atoms with van der Waals surface area (Å²) in [5, 5.41) is 2.69. The van der Waals surface area contributed by atoms with Crippen molar-refractivity contribution in [1.82, 2.24) is 5.32 Å². The fraction of sp³-hybridized carbons (Fsp3) is 0.278. The molecule has 1 amide bonds. The standard InChI is InChI=1S/C18H21NO3/c1-19-18(20)12-15(13-7-5-4-6-8-13)14-9-10-16(21-2)17(11-14)22-3/h4-11,15H,12H2,1-3H3,(H,19,20). The zero-order chi connectivity index (χ0) is 15.9. The predicted molar refractivity (Wildman–Crippen MR) is 86.5 cm³/mol. The molecule has 0 spiro atoms. The highest BCUT2D eigenvalue weighted by Gasteiger charge is 2.19. The molecule has 0 radical (unpaired) electrons. The second kappa shape index (κ2) is 7.50. The van der Waals surface area contributed by atoms with Gasteiger partial charge in [-0.15, -0.1) is 0 Å². The van der Waals surface area contributed by atoms with Gasteiger partial charge >= 0.3 is 0 Å². The van der Waals surface area contributed by atoms with E-state index in [2.05, 4.69) is 5.32 Å². The van der Waals surface area contributed by atoms with Crippen molar-refractivity contribution in [3.63, 3.8) is 0 Å². The first-order valence-corrected chi connectivity index (χ1v) is 7.17. The lowest BCUT2D eigenvalue weighted by Crippen LogP contribution is -2.21. The highest BCUT2D eigenvalue weighted by atomic mass is 16.5. The van der Waals surface area contributed by atoms with Crippen molar-refractivity contribution in [2.75, 3.05) is 21.3 Å². The van der Waals surface area contributed by atoms with Crippen molar-refractivity contribution in [3.8, 4) is 11.5 Å². The van der Waals surface area contributed by atoms with E-state index < -0.39 is 0 Å². The SMILES string of the molecule is CNC(=O)CC(c1ccccc1)c1ccc(OC)c(OC)c1. The van der Waals surface area contributed by atoms with Crippen molar-refractivity contribution in [2.45, 2.75) is 12.3 Å². The van der Waals surface area contributed by atoms with E-state index in [1.165, 1.54) is 0 Å². The van der Waals surface area contributed by atoms with E-state index in [1.54, 1.807) is 21.3 Å². The Morgan fingerprint density at radius 1 is 1.00 bits per heavy atom. The van der Waals surface area contributed by atoms with Gasteiger partial charge in [-0.2, -0.15) is 0 Å². The van der Waals surface area contributed by atoms with Crippen LogP contribution in [-0.2, 0) is 4.79 Å². The number of amides is 1.